The van der Waals surface area contributed by atoms with Gasteiger partial charge in [-0.25, -0.2) is 4.98 Å². The predicted molar refractivity (Wildman–Crippen MR) is 97.2 cm³/mol. The maximum absolute atomic E-state index is 12.9. The number of hydrogen-bond acceptors (Lipinski definition) is 3. The molecule has 1 aromatic carbocycles. The lowest BCUT2D eigenvalue weighted by atomic mass is 10.0. The minimum absolute atomic E-state index is 0.108. The molecule has 0 bridgehead atoms. The Balaban J connectivity index is 1.61. The number of rotatable bonds is 6. The van der Waals surface area contributed by atoms with Crippen molar-refractivity contribution in [3.8, 4) is 0 Å². The number of nitrogens with zero attached hydrogens (tertiary/aromatic N) is 3. The van der Waals surface area contributed by atoms with Crippen molar-refractivity contribution in [1.29, 1.82) is 0 Å². The Morgan fingerprint density at radius 1 is 1.30 bits per heavy atom. The molecule has 0 amide bonds. The maximum atomic E-state index is 12.9. The van der Waals surface area contributed by atoms with Crippen molar-refractivity contribution in [2.75, 3.05) is 19.7 Å². The second kappa shape index (κ2) is 8.44. The molecule has 1 saturated heterocycles. The lowest BCUT2D eigenvalue weighted by molar-refractivity contribution is -0.137. The summed E-state index contributed by atoms with van der Waals surface area (Å²) in [6.07, 6.45) is -0.199. The summed E-state index contributed by atoms with van der Waals surface area (Å²) >= 11 is 0. The van der Waals surface area contributed by atoms with Crippen LogP contribution in [0.1, 0.15) is 30.7 Å². The Bertz CT molecular complexity index is 742. The van der Waals surface area contributed by atoms with Crippen LogP contribution in [0.25, 0.3) is 0 Å². The van der Waals surface area contributed by atoms with Gasteiger partial charge in [-0.3, -0.25) is 4.90 Å². The van der Waals surface area contributed by atoms with Gasteiger partial charge in [0.2, 0.25) is 0 Å². The van der Waals surface area contributed by atoms with Crippen LogP contribution in [0.5, 0.6) is 0 Å². The van der Waals surface area contributed by atoms with E-state index < -0.39 is 11.7 Å². The number of aromatic nitrogens is 2. The molecule has 1 aliphatic rings. The van der Waals surface area contributed by atoms with Gasteiger partial charge in [0.05, 0.1) is 30.3 Å². The molecular weight excluding hydrogens is 355 g/mol. The molecule has 0 spiro atoms. The van der Waals surface area contributed by atoms with Gasteiger partial charge in [0, 0.05) is 32.4 Å². The summed E-state index contributed by atoms with van der Waals surface area (Å²) in [5.74, 6) is 0.538. The van der Waals surface area contributed by atoms with Gasteiger partial charge in [-0.15, -0.1) is 0 Å². The van der Waals surface area contributed by atoms with Gasteiger partial charge in [0.25, 0.3) is 0 Å². The molecule has 4 nitrogen and oxygen atoms in total. The highest BCUT2D eigenvalue weighted by Gasteiger charge is 2.30. The van der Waals surface area contributed by atoms with Crippen LogP contribution < -0.4 is 0 Å². The van der Waals surface area contributed by atoms with Crippen LogP contribution in [0, 0.1) is 5.92 Å². The van der Waals surface area contributed by atoms with Crippen LogP contribution >= 0.6 is 0 Å². The summed E-state index contributed by atoms with van der Waals surface area (Å²) < 4.78 is 46.7. The van der Waals surface area contributed by atoms with Crippen LogP contribution in [-0.2, 0) is 30.4 Å². The molecule has 2 aromatic rings. The lowest BCUT2D eigenvalue weighted by Crippen LogP contribution is -2.43. The summed E-state index contributed by atoms with van der Waals surface area (Å²) in [5.41, 5.74) is 1.20. The SMILES string of the molecule is CC(C)Cn1cncc1CN1CCO[C@@H](Cc2cccc(C(F)(F)F)c2)C1. The van der Waals surface area contributed by atoms with Crippen molar-refractivity contribution in [2.45, 2.75) is 45.6 Å². The van der Waals surface area contributed by atoms with Crippen molar-refractivity contribution >= 4 is 0 Å². The first-order valence-corrected chi connectivity index (χ1v) is 9.30. The Morgan fingerprint density at radius 3 is 2.85 bits per heavy atom. The third-order valence-corrected chi connectivity index (χ3v) is 4.69. The molecule has 0 saturated carbocycles. The van der Waals surface area contributed by atoms with E-state index in [0.717, 1.165) is 31.4 Å². The largest absolute Gasteiger partial charge is 0.416 e. The van der Waals surface area contributed by atoms with E-state index in [9.17, 15) is 13.2 Å². The maximum Gasteiger partial charge on any atom is 0.416 e. The first-order chi connectivity index (χ1) is 12.8. The number of hydrogen-bond donors (Lipinski definition) is 0. The molecule has 148 valence electrons. The van der Waals surface area contributed by atoms with Gasteiger partial charge in [0.1, 0.15) is 0 Å². The molecule has 1 atom stereocenters. The molecule has 1 fully saturated rings. The Morgan fingerprint density at radius 2 is 2.11 bits per heavy atom. The average molecular weight is 381 g/mol. The van der Waals surface area contributed by atoms with Crippen LogP contribution in [0.3, 0.4) is 0 Å². The lowest BCUT2D eigenvalue weighted by Gasteiger charge is -2.33. The highest BCUT2D eigenvalue weighted by atomic mass is 19.4. The topological polar surface area (TPSA) is 30.3 Å². The summed E-state index contributed by atoms with van der Waals surface area (Å²) in [6, 6.07) is 5.52. The molecule has 0 unspecified atom stereocenters. The number of morpholine rings is 1. The average Bonchev–Trinajstić information content (AvgIpc) is 3.01. The van der Waals surface area contributed by atoms with Crippen molar-refractivity contribution in [1.82, 2.24) is 14.5 Å². The Hall–Kier alpha value is -1.86. The van der Waals surface area contributed by atoms with E-state index in [-0.39, 0.29) is 6.10 Å². The quantitative estimate of drug-likeness (QED) is 0.758. The van der Waals surface area contributed by atoms with Gasteiger partial charge >= 0.3 is 6.18 Å². The van der Waals surface area contributed by atoms with E-state index in [2.05, 4.69) is 28.3 Å². The monoisotopic (exact) mass is 381 g/mol. The van der Waals surface area contributed by atoms with E-state index in [1.807, 2.05) is 12.5 Å². The highest BCUT2D eigenvalue weighted by molar-refractivity contribution is 5.26. The van der Waals surface area contributed by atoms with Crippen LogP contribution in [0.4, 0.5) is 13.2 Å². The van der Waals surface area contributed by atoms with E-state index in [0.29, 0.717) is 31.1 Å². The zero-order valence-corrected chi connectivity index (χ0v) is 15.7. The van der Waals surface area contributed by atoms with Crippen molar-refractivity contribution in [3.63, 3.8) is 0 Å². The molecule has 27 heavy (non-hydrogen) atoms. The smallest absolute Gasteiger partial charge is 0.375 e. The molecule has 1 aromatic heterocycles. The van der Waals surface area contributed by atoms with Gasteiger partial charge < -0.3 is 9.30 Å². The summed E-state index contributed by atoms with van der Waals surface area (Å²) in [5, 5.41) is 0. The second-order valence-electron chi connectivity index (χ2n) is 7.56. The third-order valence-electron chi connectivity index (χ3n) is 4.69. The second-order valence-corrected chi connectivity index (χ2v) is 7.56. The number of halogens is 3. The number of benzene rings is 1. The summed E-state index contributed by atoms with van der Waals surface area (Å²) in [7, 11) is 0. The Kier molecular flexibility index (Phi) is 6.22. The zero-order chi connectivity index (χ0) is 19.4. The molecule has 0 radical (unpaired) electrons. The summed E-state index contributed by atoms with van der Waals surface area (Å²) in [4.78, 5) is 6.55. The molecule has 1 aliphatic heterocycles. The predicted octanol–water partition coefficient (Wildman–Crippen LogP) is 4.00. The fraction of sp³-hybridized carbons (Fsp3) is 0.550. The van der Waals surface area contributed by atoms with Gasteiger partial charge in [-0.05, 0) is 24.0 Å². The normalized spacial score (nSPS) is 19.0. The molecule has 3 rings (SSSR count). The fourth-order valence-corrected chi connectivity index (χ4v) is 3.45. The van der Waals surface area contributed by atoms with Gasteiger partial charge in [0.15, 0.2) is 0 Å². The Labute approximate surface area is 158 Å². The van der Waals surface area contributed by atoms with Crippen LogP contribution in [-0.4, -0.2) is 40.3 Å². The minimum Gasteiger partial charge on any atom is -0.375 e. The standard InChI is InChI=1S/C20H26F3N3O/c1-15(2)11-26-14-24-10-18(26)12-25-6-7-27-19(13-25)9-16-4-3-5-17(8-16)20(21,22)23/h3-5,8,10,14-15,19H,6-7,9,11-13H2,1-2H3/t19-/m0/s1. The van der Waals surface area contributed by atoms with E-state index in [4.69, 9.17) is 4.74 Å². The minimum atomic E-state index is -4.32. The van der Waals surface area contributed by atoms with Crippen LogP contribution in [0.2, 0.25) is 0 Å². The first kappa shape index (κ1) is 19.9. The summed E-state index contributed by atoms with van der Waals surface area (Å²) in [6.45, 7) is 8.13. The zero-order valence-electron chi connectivity index (χ0n) is 15.7. The van der Waals surface area contributed by atoms with Gasteiger partial charge in [-0.2, -0.15) is 13.2 Å². The number of alkyl halides is 3. The molecule has 2 heterocycles. The highest BCUT2D eigenvalue weighted by Crippen LogP contribution is 2.30. The number of imidazole rings is 1. The molecule has 0 N–H and O–H groups in total. The fourth-order valence-electron chi connectivity index (χ4n) is 3.45. The van der Waals surface area contributed by atoms with E-state index in [1.54, 1.807) is 6.07 Å². The third kappa shape index (κ3) is 5.56. The van der Waals surface area contributed by atoms with Crippen molar-refractivity contribution in [2.24, 2.45) is 5.92 Å². The van der Waals surface area contributed by atoms with Crippen molar-refractivity contribution in [3.05, 3.63) is 53.6 Å². The van der Waals surface area contributed by atoms with Gasteiger partial charge in [-0.1, -0.05) is 32.0 Å². The first-order valence-electron chi connectivity index (χ1n) is 9.30. The molecule has 7 heteroatoms. The van der Waals surface area contributed by atoms with E-state index in [1.165, 1.54) is 12.1 Å². The van der Waals surface area contributed by atoms with Crippen molar-refractivity contribution < 1.29 is 17.9 Å². The van der Waals surface area contributed by atoms with Crippen LogP contribution in [0.15, 0.2) is 36.8 Å². The molecule has 0 aliphatic carbocycles. The number of ether oxygens (including phenoxy) is 1. The van der Waals surface area contributed by atoms with E-state index >= 15 is 0 Å². The molecular formula is C20H26F3N3O.